The maximum absolute atomic E-state index is 11.5. The zero-order valence-corrected chi connectivity index (χ0v) is 13.3. The average molecular weight is 318 g/mol. The zero-order chi connectivity index (χ0) is 15.9. The van der Waals surface area contributed by atoms with Gasteiger partial charge >= 0.3 is 5.97 Å². The molecule has 4 nitrogen and oxygen atoms in total. The van der Waals surface area contributed by atoms with Gasteiger partial charge in [0.05, 0.1) is 14.2 Å². The van der Waals surface area contributed by atoms with Crippen molar-refractivity contribution < 1.29 is 19.4 Å². The second-order valence-electron chi connectivity index (χ2n) is 4.64. The van der Waals surface area contributed by atoms with Crippen LogP contribution in [0.5, 0.6) is 11.5 Å². The predicted molar refractivity (Wildman–Crippen MR) is 87.0 cm³/mol. The molecule has 2 aromatic carbocycles. The minimum absolute atomic E-state index is 0.377. The van der Waals surface area contributed by atoms with Crippen molar-refractivity contribution in [3.8, 4) is 11.5 Å². The monoisotopic (exact) mass is 318 g/mol. The second-order valence-corrected chi connectivity index (χ2v) is 5.92. The Balaban J connectivity index is 2.19. The van der Waals surface area contributed by atoms with E-state index in [9.17, 15) is 9.90 Å². The standard InChI is InChI=1S/C17H18O4S/c1-20-13-9-8-12(15(11-13)21-2)10-16(17(18)19)22-14-6-4-3-5-7-14/h3-9,11,16H,10H2,1-2H3,(H,18,19)/t16-/m1/s1. The largest absolute Gasteiger partial charge is 0.497 e. The van der Waals surface area contributed by atoms with Crippen LogP contribution < -0.4 is 9.47 Å². The molecule has 0 saturated carbocycles. The minimum atomic E-state index is -0.841. The molecule has 0 saturated heterocycles. The molecule has 1 N–H and O–H groups in total. The summed E-state index contributed by atoms with van der Waals surface area (Å²) in [6, 6.07) is 14.9. The maximum Gasteiger partial charge on any atom is 0.317 e. The number of hydrogen-bond donors (Lipinski definition) is 1. The fourth-order valence-corrected chi connectivity index (χ4v) is 3.07. The molecule has 0 radical (unpaired) electrons. The molecule has 0 aromatic heterocycles. The topological polar surface area (TPSA) is 55.8 Å². The van der Waals surface area contributed by atoms with Gasteiger partial charge in [-0.1, -0.05) is 24.3 Å². The van der Waals surface area contributed by atoms with Gasteiger partial charge in [0, 0.05) is 11.0 Å². The lowest BCUT2D eigenvalue weighted by Gasteiger charge is -2.15. The van der Waals surface area contributed by atoms with E-state index in [1.807, 2.05) is 42.5 Å². The van der Waals surface area contributed by atoms with Crippen LogP contribution in [0.3, 0.4) is 0 Å². The third-order valence-corrected chi connectivity index (χ3v) is 4.39. The number of aliphatic carboxylic acids is 1. The number of carbonyl (C=O) groups is 1. The van der Waals surface area contributed by atoms with Crippen molar-refractivity contribution in [2.45, 2.75) is 16.6 Å². The number of carboxylic acids is 1. The Kier molecular flexibility index (Phi) is 5.72. The van der Waals surface area contributed by atoms with E-state index in [-0.39, 0.29) is 0 Å². The molecule has 1 atom stereocenters. The smallest absolute Gasteiger partial charge is 0.317 e. The van der Waals surface area contributed by atoms with Gasteiger partial charge in [0.2, 0.25) is 0 Å². The number of hydrogen-bond acceptors (Lipinski definition) is 4. The summed E-state index contributed by atoms with van der Waals surface area (Å²) >= 11 is 1.33. The van der Waals surface area contributed by atoms with Crippen LogP contribution in [-0.4, -0.2) is 30.5 Å². The van der Waals surface area contributed by atoms with E-state index in [1.54, 1.807) is 20.3 Å². The molecule has 2 rings (SSSR count). The van der Waals surface area contributed by atoms with Gasteiger partial charge in [-0.2, -0.15) is 0 Å². The zero-order valence-electron chi connectivity index (χ0n) is 12.5. The first-order valence-corrected chi connectivity index (χ1v) is 7.67. The Bertz CT molecular complexity index is 628. The number of methoxy groups -OCH3 is 2. The van der Waals surface area contributed by atoms with Crippen molar-refractivity contribution in [3.63, 3.8) is 0 Å². The molecule has 0 aliphatic heterocycles. The Morgan fingerprint density at radius 3 is 2.45 bits per heavy atom. The Labute approximate surface area is 134 Å². The van der Waals surface area contributed by atoms with Crippen LogP contribution in [0.4, 0.5) is 0 Å². The molecule has 0 bridgehead atoms. The lowest BCUT2D eigenvalue weighted by Crippen LogP contribution is -2.19. The second kappa shape index (κ2) is 7.75. The SMILES string of the molecule is COc1ccc(C[C@@H](Sc2ccccc2)C(=O)O)c(OC)c1. The number of thioether (sulfide) groups is 1. The lowest BCUT2D eigenvalue weighted by molar-refractivity contribution is -0.136. The van der Waals surface area contributed by atoms with Crippen molar-refractivity contribution in [1.29, 1.82) is 0 Å². The summed E-state index contributed by atoms with van der Waals surface area (Å²) in [7, 11) is 3.15. The highest BCUT2D eigenvalue weighted by Gasteiger charge is 2.21. The molecule has 0 unspecified atom stereocenters. The van der Waals surface area contributed by atoms with Crippen LogP contribution in [-0.2, 0) is 11.2 Å². The minimum Gasteiger partial charge on any atom is -0.497 e. The number of benzene rings is 2. The highest BCUT2D eigenvalue weighted by atomic mass is 32.2. The third-order valence-electron chi connectivity index (χ3n) is 3.20. The molecular weight excluding hydrogens is 300 g/mol. The highest BCUT2D eigenvalue weighted by Crippen LogP contribution is 2.31. The Morgan fingerprint density at radius 1 is 1.14 bits per heavy atom. The van der Waals surface area contributed by atoms with Crippen molar-refractivity contribution >= 4 is 17.7 Å². The van der Waals surface area contributed by atoms with Gasteiger partial charge in [0.15, 0.2) is 0 Å². The molecule has 0 amide bonds. The summed E-state index contributed by atoms with van der Waals surface area (Å²) in [6.07, 6.45) is 0.377. The van der Waals surface area contributed by atoms with E-state index in [1.165, 1.54) is 11.8 Å². The lowest BCUT2D eigenvalue weighted by atomic mass is 10.1. The predicted octanol–water partition coefficient (Wildman–Crippen LogP) is 3.49. The van der Waals surface area contributed by atoms with E-state index >= 15 is 0 Å². The van der Waals surface area contributed by atoms with Gasteiger partial charge in [-0.05, 0) is 30.2 Å². The summed E-state index contributed by atoms with van der Waals surface area (Å²) in [5, 5.41) is 8.89. The van der Waals surface area contributed by atoms with Crippen LogP contribution in [0.25, 0.3) is 0 Å². The number of carboxylic acid groups (broad SMARTS) is 1. The van der Waals surface area contributed by atoms with Crippen LogP contribution in [0.1, 0.15) is 5.56 Å². The normalized spacial score (nSPS) is 11.7. The van der Waals surface area contributed by atoms with Crippen molar-refractivity contribution in [2.24, 2.45) is 0 Å². The van der Waals surface area contributed by atoms with Crippen LogP contribution in [0.2, 0.25) is 0 Å². The van der Waals surface area contributed by atoms with Gasteiger partial charge in [-0.25, -0.2) is 0 Å². The molecule has 0 aliphatic carbocycles. The molecule has 5 heteroatoms. The fraction of sp³-hybridized carbons (Fsp3) is 0.235. The first kappa shape index (κ1) is 16.2. The van der Waals surface area contributed by atoms with Crippen LogP contribution >= 0.6 is 11.8 Å². The first-order chi connectivity index (χ1) is 10.6. The number of ether oxygens (including phenoxy) is 2. The molecular formula is C17H18O4S. The van der Waals surface area contributed by atoms with Gasteiger partial charge in [-0.15, -0.1) is 11.8 Å². The quantitative estimate of drug-likeness (QED) is 0.792. The van der Waals surface area contributed by atoms with Crippen LogP contribution in [0, 0.1) is 0 Å². The van der Waals surface area contributed by atoms with E-state index in [4.69, 9.17) is 9.47 Å². The first-order valence-electron chi connectivity index (χ1n) is 6.79. The molecule has 0 fully saturated rings. The van der Waals surface area contributed by atoms with E-state index in [0.717, 1.165) is 10.5 Å². The molecule has 0 aliphatic rings. The fourth-order valence-electron chi connectivity index (χ4n) is 2.06. The molecule has 22 heavy (non-hydrogen) atoms. The van der Waals surface area contributed by atoms with Gasteiger partial charge in [-0.3, -0.25) is 4.79 Å². The van der Waals surface area contributed by atoms with Crippen molar-refractivity contribution in [2.75, 3.05) is 14.2 Å². The molecule has 116 valence electrons. The van der Waals surface area contributed by atoms with Gasteiger partial charge in [0.25, 0.3) is 0 Å². The number of rotatable bonds is 7. The molecule has 0 heterocycles. The van der Waals surface area contributed by atoms with Crippen molar-refractivity contribution in [3.05, 3.63) is 54.1 Å². The molecule has 0 spiro atoms. The van der Waals surface area contributed by atoms with E-state index in [2.05, 4.69) is 0 Å². The van der Waals surface area contributed by atoms with E-state index in [0.29, 0.717) is 17.9 Å². The summed E-state index contributed by atoms with van der Waals surface area (Å²) < 4.78 is 10.5. The molecule has 2 aromatic rings. The third kappa shape index (κ3) is 4.18. The van der Waals surface area contributed by atoms with Gasteiger partial charge in [0.1, 0.15) is 16.7 Å². The maximum atomic E-state index is 11.5. The van der Waals surface area contributed by atoms with Crippen LogP contribution in [0.15, 0.2) is 53.4 Å². The summed E-state index contributed by atoms with van der Waals surface area (Å²) in [6.45, 7) is 0. The van der Waals surface area contributed by atoms with E-state index < -0.39 is 11.2 Å². The summed E-state index contributed by atoms with van der Waals surface area (Å²) in [5.74, 6) is 0.481. The summed E-state index contributed by atoms with van der Waals surface area (Å²) in [5.41, 5.74) is 0.846. The Morgan fingerprint density at radius 2 is 1.86 bits per heavy atom. The Hall–Kier alpha value is -2.14. The van der Waals surface area contributed by atoms with Crippen molar-refractivity contribution in [1.82, 2.24) is 0 Å². The average Bonchev–Trinajstić information content (AvgIpc) is 2.55. The highest BCUT2D eigenvalue weighted by molar-refractivity contribution is 8.00. The van der Waals surface area contributed by atoms with Gasteiger partial charge < -0.3 is 14.6 Å². The summed E-state index contributed by atoms with van der Waals surface area (Å²) in [4.78, 5) is 12.5.